The van der Waals surface area contributed by atoms with Crippen molar-refractivity contribution in [3.05, 3.63) is 0 Å². The number of nitrogens with two attached hydrogens (primary N) is 1. The molecule has 0 saturated heterocycles. The van der Waals surface area contributed by atoms with E-state index in [0.29, 0.717) is 6.04 Å². The fraction of sp³-hybridized carbons (Fsp3) is 1.00. The van der Waals surface area contributed by atoms with Gasteiger partial charge < -0.3 is 10.6 Å². The lowest BCUT2D eigenvalue weighted by Gasteiger charge is -2.43. The first-order valence-corrected chi connectivity index (χ1v) is 5.88. The molecule has 0 spiro atoms. The molecule has 0 amide bonds. The molecule has 1 aliphatic carbocycles. The lowest BCUT2D eigenvalue weighted by Crippen LogP contribution is -2.56. The smallest absolute Gasteiger partial charge is 0.0292 e. The highest BCUT2D eigenvalue weighted by molar-refractivity contribution is 4.93. The van der Waals surface area contributed by atoms with Crippen LogP contribution < -0.4 is 5.73 Å². The molecule has 0 radical (unpaired) electrons. The van der Waals surface area contributed by atoms with E-state index >= 15 is 0 Å². The Morgan fingerprint density at radius 3 is 2.00 bits per heavy atom. The number of hydrogen-bond acceptors (Lipinski definition) is 2. The monoisotopic (exact) mass is 198 g/mol. The molecular weight excluding hydrogens is 172 g/mol. The van der Waals surface area contributed by atoms with Crippen molar-refractivity contribution >= 4 is 0 Å². The second kappa shape index (κ2) is 4.63. The van der Waals surface area contributed by atoms with E-state index in [1.165, 1.54) is 32.1 Å². The van der Waals surface area contributed by atoms with E-state index in [-0.39, 0.29) is 5.54 Å². The molecule has 1 unspecified atom stereocenters. The van der Waals surface area contributed by atoms with Crippen LogP contribution >= 0.6 is 0 Å². The van der Waals surface area contributed by atoms with Crippen molar-refractivity contribution in [2.24, 2.45) is 11.7 Å². The summed E-state index contributed by atoms with van der Waals surface area (Å²) in [7, 11) is 4.32. The fourth-order valence-corrected chi connectivity index (χ4v) is 3.14. The van der Waals surface area contributed by atoms with Crippen LogP contribution in [0.3, 0.4) is 0 Å². The van der Waals surface area contributed by atoms with Crippen LogP contribution in [0.2, 0.25) is 0 Å². The molecule has 1 rings (SSSR count). The molecule has 0 bridgehead atoms. The minimum absolute atomic E-state index is 0.0779. The molecule has 0 aromatic heterocycles. The van der Waals surface area contributed by atoms with E-state index in [4.69, 9.17) is 5.73 Å². The van der Waals surface area contributed by atoms with E-state index in [0.717, 1.165) is 5.92 Å². The summed E-state index contributed by atoms with van der Waals surface area (Å²) in [5.41, 5.74) is 6.19. The quantitative estimate of drug-likeness (QED) is 0.753. The van der Waals surface area contributed by atoms with Crippen LogP contribution in [0, 0.1) is 5.92 Å². The zero-order valence-electron chi connectivity index (χ0n) is 10.2. The van der Waals surface area contributed by atoms with Crippen LogP contribution in [0.1, 0.15) is 46.0 Å². The molecule has 1 fully saturated rings. The Bertz CT molecular complexity index is 164. The standard InChI is InChI=1S/C12H26N2/c1-12(2,13)11(14(3)4)10-8-6-5-7-9-10/h10-11H,5-9,13H2,1-4H3. The summed E-state index contributed by atoms with van der Waals surface area (Å²) in [6.07, 6.45) is 6.94. The van der Waals surface area contributed by atoms with Crippen LogP contribution in [0.4, 0.5) is 0 Å². The van der Waals surface area contributed by atoms with E-state index in [2.05, 4.69) is 32.8 Å². The van der Waals surface area contributed by atoms with Gasteiger partial charge in [0.1, 0.15) is 0 Å². The molecular formula is C12H26N2. The van der Waals surface area contributed by atoms with Gasteiger partial charge in [0.2, 0.25) is 0 Å². The molecule has 2 heteroatoms. The number of hydrogen-bond donors (Lipinski definition) is 1. The summed E-state index contributed by atoms with van der Waals surface area (Å²) < 4.78 is 0. The van der Waals surface area contributed by atoms with E-state index in [9.17, 15) is 0 Å². The van der Waals surface area contributed by atoms with Gasteiger partial charge in [-0.05, 0) is 46.7 Å². The van der Waals surface area contributed by atoms with Crippen molar-refractivity contribution in [3.8, 4) is 0 Å². The maximum Gasteiger partial charge on any atom is 0.0292 e. The first kappa shape index (κ1) is 12.0. The highest BCUT2D eigenvalue weighted by atomic mass is 15.1. The van der Waals surface area contributed by atoms with Gasteiger partial charge in [-0.3, -0.25) is 0 Å². The highest BCUT2D eigenvalue weighted by Crippen LogP contribution is 2.32. The third-order valence-corrected chi connectivity index (χ3v) is 3.41. The largest absolute Gasteiger partial charge is 0.324 e. The fourth-order valence-electron chi connectivity index (χ4n) is 3.14. The molecule has 14 heavy (non-hydrogen) atoms. The van der Waals surface area contributed by atoms with Crippen molar-refractivity contribution in [1.82, 2.24) is 4.90 Å². The predicted octanol–water partition coefficient (Wildman–Crippen LogP) is 2.23. The third kappa shape index (κ3) is 2.96. The van der Waals surface area contributed by atoms with Crippen LogP contribution in [0.15, 0.2) is 0 Å². The van der Waals surface area contributed by atoms with Crippen molar-refractivity contribution in [2.45, 2.75) is 57.5 Å². The maximum absolute atomic E-state index is 6.27. The first-order chi connectivity index (χ1) is 6.43. The second-order valence-corrected chi connectivity index (χ2v) is 5.63. The molecule has 0 heterocycles. The highest BCUT2D eigenvalue weighted by Gasteiger charge is 2.34. The van der Waals surface area contributed by atoms with Crippen molar-refractivity contribution < 1.29 is 0 Å². The van der Waals surface area contributed by atoms with Gasteiger partial charge in [0.25, 0.3) is 0 Å². The van der Waals surface area contributed by atoms with Gasteiger partial charge in [0.05, 0.1) is 0 Å². The van der Waals surface area contributed by atoms with Crippen molar-refractivity contribution in [1.29, 1.82) is 0 Å². The molecule has 2 nitrogen and oxygen atoms in total. The van der Waals surface area contributed by atoms with E-state index in [1.807, 2.05) is 0 Å². The zero-order valence-corrected chi connectivity index (χ0v) is 10.2. The molecule has 1 saturated carbocycles. The van der Waals surface area contributed by atoms with Gasteiger partial charge in [-0.1, -0.05) is 19.3 Å². The van der Waals surface area contributed by atoms with Gasteiger partial charge in [0.15, 0.2) is 0 Å². The summed E-state index contributed by atoms with van der Waals surface area (Å²) in [5, 5.41) is 0. The summed E-state index contributed by atoms with van der Waals surface area (Å²) in [5.74, 6) is 0.804. The van der Waals surface area contributed by atoms with Crippen molar-refractivity contribution in [2.75, 3.05) is 14.1 Å². The number of likely N-dealkylation sites (N-methyl/N-ethyl adjacent to an activating group) is 1. The molecule has 0 aliphatic heterocycles. The summed E-state index contributed by atoms with van der Waals surface area (Å²) >= 11 is 0. The summed E-state index contributed by atoms with van der Waals surface area (Å²) in [4.78, 5) is 2.32. The minimum Gasteiger partial charge on any atom is -0.324 e. The number of nitrogens with zero attached hydrogens (tertiary/aromatic N) is 1. The summed E-state index contributed by atoms with van der Waals surface area (Å²) in [6.45, 7) is 4.32. The molecule has 84 valence electrons. The Labute approximate surface area is 88.8 Å². The SMILES string of the molecule is CN(C)C(C1CCCCC1)C(C)(C)N. The Hall–Kier alpha value is -0.0800. The van der Waals surface area contributed by atoms with Gasteiger partial charge in [-0.25, -0.2) is 0 Å². The number of rotatable bonds is 3. The molecule has 1 atom stereocenters. The predicted molar refractivity (Wildman–Crippen MR) is 62.3 cm³/mol. The van der Waals surface area contributed by atoms with E-state index in [1.54, 1.807) is 0 Å². The van der Waals surface area contributed by atoms with Gasteiger partial charge in [-0.2, -0.15) is 0 Å². The van der Waals surface area contributed by atoms with Gasteiger partial charge >= 0.3 is 0 Å². The second-order valence-electron chi connectivity index (χ2n) is 5.63. The Kier molecular flexibility index (Phi) is 3.96. The zero-order chi connectivity index (χ0) is 10.8. The van der Waals surface area contributed by atoms with Gasteiger partial charge in [-0.15, -0.1) is 0 Å². The Morgan fingerprint density at radius 2 is 1.64 bits per heavy atom. The topological polar surface area (TPSA) is 29.3 Å². The minimum atomic E-state index is -0.0779. The van der Waals surface area contributed by atoms with E-state index < -0.39 is 0 Å². The molecule has 2 N–H and O–H groups in total. The third-order valence-electron chi connectivity index (χ3n) is 3.41. The molecule has 0 aromatic carbocycles. The first-order valence-electron chi connectivity index (χ1n) is 5.88. The van der Waals surface area contributed by atoms with Crippen LogP contribution in [-0.4, -0.2) is 30.6 Å². The maximum atomic E-state index is 6.27. The van der Waals surface area contributed by atoms with Crippen LogP contribution in [0.5, 0.6) is 0 Å². The average Bonchev–Trinajstić information content (AvgIpc) is 2.02. The Balaban J connectivity index is 2.66. The van der Waals surface area contributed by atoms with Gasteiger partial charge in [0, 0.05) is 11.6 Å². The summed E-state index contributed by atoms with van der Waals surface area (Å²) in [6, 6.07) is 0.530. The normalized spacial score (nSPS) is 22.7. The van der Waals surface area contributed by atoms with Crippen LogP contribution in [-0.2, 0) is 0 Å². The molecule has 1 aliphatic rings. The Morgan fingerprint density at radius 1 is 1.14 bits per heavy atom. The van der Waals surface area contributed by atoms with Crippen molar-refractivity contribution in [3.63, 3.8) is 0 Å². The molecule has 0 aromatic rings. The lowest BCUT2D eigenvalue weighted by molar-refractivity contribution is 0.109. The lowest BCUT2D eigenvalue weighted by atomic mass is 9.76. The van der Waals surface area contributed by atoms with Crippen LogP contribution in [0.25, 0.3) is 0 Å². The average molecular weight is 198 g/mol.